The highest BCUT2D eigenvalue weighted by Crippen LogP contribution is 2.27. The van der Waals surface area contributed by atoms with Gasteiger partial charge in [-0.1, -0.05) is 54.9 Å². The predicted octanol–water partition coefficient (Wildman–Crippen LogP) is 3.36. The number of nitrogens with one attached hydrogen (secondary N) is 1. The van der Waals surface area contributed by atoms with Crippen LogP contribution in [-0.2, 0) is 26.2 Å². The first kappa shape index (κ1) is 25.7. The molecule has 2 rings (SSSR count). The molecule has 9 heteroatoms. The van der Waals surface area contributed by atoms with Crippen molar-refractivity contribution in [2.75, 3.05) is 23.7 Å². The summed E-state index contributed by atoms with van der Waals surface area (Å²) in [7, 11) is -3.81. The first-order valence-electron chi connectivity index (χ1n) is 10.4. The molecule has 174 valence electrons. The van der Waals surface area contributed by atoms with Gasteiger partial charge in [0.2, 0.25) is 21.8 Å². The third-order valence-electron chi connectivity index (χ3n) is 5.14. The number of carbonyl (C=O) groups is 2. The van der Waals surface area contributed by atoms with Crippen molar-refractivity contribution in [2.24, 2.45) is 0 Å². The number of para-hydroxylation sites is 1. The highest BCUT2D eigenvalue weighted by Gasteiger charge is 2.32. The Bertz CT molecular complexity index is 1060. The summed E-state index contributed by atoms with van der Waals surface area (Å²) in [5.41, 5.74) is 2.07. The van der Waals surface area contributed by atoms with E-state index in [9.17, 15) is 18.0 Å². The minimum atomic E-state index is -3.81. The van der Waals surface area contributed by atoms with Gasteiger partial charge in [0.15, 0.2) is 0 Å². The third kappa shape index (κ3) is 6.46. The van der Waals surface area contributed by atoms with Crippen molar-refractivity contribution in [1.82, 2.24) is 10.2 Å². The second kappa shape index (κ2) is 11.3. The Balaban J connectivity index is 2.46. The van der Waals surface area contributed by atoms with Gasteiger partial charge in [0.05, 0.1) is 17.0 Å². The van der Waals surface area contributed by atoms with Crippen LogP contribution in [0.4, 0.5) is 5.69 Å². The molecule has 0 aliphatic rings. The van der Waals surface area contributed by atoms with Crippen LogP contribution in [0.25, 0.3) is 0 Å². The number of aryl methyl sites for hydroxylation is 1. The number of likely N-dealkylation sites (N-methyl/N-ethyl adjacent to an activating group) is 1. The Morgan fingerprint density at radius 1 is 1.06 bits per heavy atom. The number of anilines is 1. The summed E-state index contributed by atoms with van der Waals surface area (Å²) >= 11 is 6.22. The zero-order chi connectivity index (χ0) is 23.9. The zero-order valence-corrected chi connectivity index (χ0v) is 20.4. The summed E-state index contributed by atoms with van der Waals surface area (Å²) in [5, 5.41) is 2.99. The molecule has 0 aliphatic heterocycles. The van der Waals surface area contributed by atoms with E-state index >= 15 is 0 Å². The van der Waals surface area contributed by atoms with E-state index in [1.165, 1.54) is 4.90 Å². The first-order valence-corrected chi connectivity index (χ1v) is 12.7. The number of benzene rings is 2. The van der Waals surface area contributed by atoms with Gasteiger partial charge in [0.1, 0.15) is 12.6 Å². The van der Waals surface area contributed by atoms with Crippen LogP contribution in [0.3, 0.4) is 0 Å². The van der Waals surface area contributed by atoms with E-state index in [0.29, 0.717) is 13.0 Å². The van der Waals surface area contributed by atoms with Gasteiger partial charge in [-0.2, -0.15) is 0 Å². The maximum Gasteiger partial charge on any atom is 0.244 e. The van der Waals surface area contributed by atoms with Crippen molar-refractivity contribution in [3.05, 3.63) is 64.7 Å². The average molecular weight is 480 g/mol. The van der Waals surface area contributed by atoms with Crippen molar-refractivity contribution in [1.29, 1.82) is 0 Å². The molecule has 0 spiro atoms. The summed E-state index contributed by atoms with van der Waals surface area (Å²) in [4.78, 5) is 27.7. The summed E-state index contributed by atoms with van der Waals surface area (Å²) in [6.07, 6.45) is 1.41. The minimum absolute atomic E-state index is 0.182. The van der Waals surface area contributed by atoms with E-state index in [4.69, 9.17) is 11.6 Å². The lowest BCUT2D eigenvalue weighted by Crippen LogP contribution is -2.52. The number of carbonyl (C=O) groups excluding carboxylic acids is 2. The molecule has 32 heavy (non-hydrogen) atoms. The summed E-state index contributed by atoms with van der Waals surface area (Å²) in [6.45, 7) is 5.70. The molecule has 0 saturated carbocycles. The van der Waals surface area contributed by atoms with Crippen LogP contribution in [0.1, 0.15) is 31.4 Å². The molecule has 2 amide bonds. The third-order valence-corrected chi connectivity index (χ3v) is 6.59. The van der Waals surface area contributed by atoms with Crippen LogP contribution in [-0.4, -0.2) is 50.5 Å². The van der Waals surface area contributed by atoms with Gasteiger partial charge in [-0.05, 0) is 43.5 Å². The predicted molar refractivity (Wildman–Crippen MR) is 128 cm³/mol. The molecular weight excluding hydrogens is 450 g/mol. The van der Waals surface area contributed by atoms with Crippen LogP contribution in [0.5, 0.6) is 0 Å². The standard InChI is InChI=1S/C23H30ClN3O4S/c1-5-20(23(29)25-6-2)26(15-18-12-8-7-11-17(18)3)22(28)16-27(32(4,30)31)21-14-10-9-13-19(21)24/h7-14,20H,5-6,15-16H2,1-4H3,(H,25,29)/t20-/m1/s1. The normalized spacial score (nSPS) is 12.2. The van der Waals surface area contributed by atoms with Gasteiger partial charge in [0, 0.05) is 13.1 Å². The highest BCUT2D eigenvalue weighted by molar-refractivity contribution is 7.92. The van der Waals surface area contributed by atoms with Crippen molar-refractivity contribution in [2.45, 2.75) is 39.8 Å². The molecule has 1 atom stereocenters. The fourth-order valence-electron chi connectivity index (χ4n) is 3.43. The van der Waals surface area contributed by atoms with Gasteiger partial charge in [0.25, 0.3) is 0 Å². The van der Waals surface area contributed by atoms with Crippen LogP contribution in [0.2, 0.25) is 5.02 Å². The number of amides is 2. The number of hydrogen-bond donors (Lipinski definition) is 1. The lowest BCUT2D eigenvalue weighted by molar-refractivity contribution is -0.140. The second-order valence-corrected chi connectivity index (χ2v) is 9.80. The van der Waals surface area contributed by atoms with E-state index in [2.05, 4.69) is 5.32 Å². The maximum atomic E-state index is 13.5. The molecule has 0 heterocycles. The fraction of sp³-hybridized carbons (Fsp3) is 0.391. The summed E-state index contributed by atoms with van der Waals surface area (Å²) in [5.74, 6) is -0.766. The van der Waals surface area contributed by atoms with Gasteiger partial charge in [-0.3, -0.25) is 13.9 Å². The van der Waals surface area contributed by atoms with Crippen molar-refractivity contribution in [3.8, 4) is 0 Å². The Hall–Kier alpha value is -2.58. The maximum absolute atomic E-state index is 13.5. The molecule has 0 fully saturated rings. The van der Waals surface area contributed by atoms with Gasteiger partial charge in [-0.25, -0.2) is 8.42 Å². The molecule has 2 aromatic carbocycles. The van der Waals surface area contributed by atoms with Crippen molar-refractivity contribution >= 4 is 39.1 Å². The fourth-order valence-corrected chi connectivity index (χ4v) is 4.58. The number of nitrogens with zero attached hydrogens (tertiary/aromatic N) is 2. The van der Waals surface area contributed by atoms with E-state index in [1.54, 1.807) is 31.2 Å². The quantitative estimate of drug-likeness (QED) is 0.566. The number of halogens is 1. The minimum Gasteiger partial charge on any atom is -0.355 e. The van der Waals surface area contributed by atoms with Gasteiger partial charge >= 0.3 is 0 Å². The van der Waals surface area contributed by atoms with Crippen LogP contribution < -0.4 is 9.62 Å². The Labute approximate surface area is 195 Å². The van der Waals surface area contributed by atoms with Crippen LogP contribution in [0.15, 0.2) is 48.5 Å². The monoisotopic (exact) mass is 479 g/mol. The molecule has 0 unspecified atom stereocenters. The van der Waals surface area contributed by atoms with E-state index in [1.807, 2.05) is 38.1 Å². The van der Waals surface area contributed by atoms with E-state index in [-0.39, 0.29) is 23.2 Å². The average Bonchev–Trinajstić information content (AvgIpc) is 2.73. The topological polar surface area (TPSA) is 86.8 Å². The zero-order valence-electron chi connectivity index (χ0n) is 18.8. The van der Waals surface area contributed by atoms with Crippen molar-refractivity contribution < 1.29 is 18.0 Å². The molecular formula is C23H30ClN3O4S. The molecule has 0 bridgehead atoms. The molecule has 1 N–H and O–H groups in total. The Kier molecular flexibility index (Phi) is 9.09. The second-order valence-electron chi connectivity index (χ2n) is 7.49. The van der Waals surface area contributed by atoms with Gasteiger partial charge < -0.3 is 10.2 Å². The summed E-state index contributed by atoms with van der Waals surface area (Å²) in [6, 6.07) is 13.3. The number of rotatable bonds is 10. The SMILES string of the molecule is CCNC(=O)[C@@H](CC)N(Cc1ccccc1C)C(=O)CN(c1ccccc1Cl)S(C)(=O)=O. The van der Waals surface area contributed by atoms with E-state index < -0.39 is 28.5 Å². The first-order chi connectivity index (χ1) is 15.1. The molecule has 0 aromatic heterocycles. The smallest absolute Gasteiger partial charge is 0.244 e. The molecule has 0 aliphatic carbocycles. The Morgan fingerprint density at radius 2 is 1.69 bits per heavy atom. The van der Waals surface area contributed by atoms with Gasteiger partial charge in [-0.15, -0.1) is 0 Å². The van der Waals surface area contributed by atoms with Crippen molar-refractivity contribution in [3.63, 3.8) is 0 Å². The van der Waals surface area contributed by atoms with E-state index in [0.717, 1.165) is 21.7 Å². The number of sulfonamides is 1. The largest absolute Gasteiger partial charge is 0.355 e. The van der Waals surface area contributed by atoms with Crippen LogP contribution >= 0.6 is 11.6 Å². The summed E-state index contributed by atoms with van der Waals surface area (Å²) < 4.78 is 26.1. The molecule has 7 nitrogen and oxygen atoms in total. The molecule has 2 aromatic rings. The molecule has 0 radical (unpaired) electrons. The lowest BCUT2D eigenvalue weighted by Gasteiger charge is -2.33. The number of hydrogen-bond acceptors (Lipinski definition) is 4. The van der Waals surface area contributed by atoms with Crippen LogP contribution in [0, 0.1) is 6.92 Å². The Morgan fingerprint density at radius 3 is 2.25 bits per heavy atom. The highest BCUT2D eigenvalue weighted by atomic mass is 35.5. The lowest BCUT2D eigenvalue weighted by atomic mass is 10.1. The molecule has 0 saturated heterocycles.